The second-order valence-electron chi connectivity index (χ2n) is 6.06. The molecule has 1 fully saturated rings. The van der Waals surface area contributed by atoms with Crippen LogP contribution >= 0.6 is 0 Å². The molecule has 0 aromatic carbocycles. The standard InChI is InChI=1S/C15H20N4O3/c1-9-4-6-18(7-5-9)12(20)8-19-11(3)16-14-13(15(19)21)10(2)17-22-14/h9H,4-8H2,1-3H3. The smallest absolute Gasteiger partial charge is 0.267 e. The quantitative estimate of drug-likeness (QED) is 0.834. The molecule has 1 amide bonds. The van der Waals surface area contributed by atoms with Crippen molar-refractivity contribution < 1.29 is 9.32 Å². The van der Waals surface area contributed by atoms with Gasteiger partial charge < -0.3 is 9.42 Å². The summed E-state index contributed by atoms with van der Waals surface area (Å²) in [6, 6.07) is 0. The Hall–Kier alpha value is -2.18. The number of nitrogens with zero attached hydrogens (tertiary/aromatic N) is 4. The van der Waals surface area contributed by atoms with Crippen molar-refractivity contribution >= 4 is 17.0 Å². The molecule has 0 N–H and O–H groups in total. The molecule has 0 atom stereocenters. The van der Waals surface area contributed by atoms with Crippen LogP contribution in [0.5, 0.6) is 0 Å². The lowest BCUT2D eigenvalue weighted by atomic mass is 9.99. The van der Waals surface area contributed by atoms with E-state index in [1.165, 1.54) is 4.57 Å². The summed E-state index contributed by atoms with van der Waals surface area (Å²) in [7, 11) is 0. The van der Waals surface area contributed by atoms with Gasteiger partial charge in [-0.05, 0) is 32.6 Å². The minimum Gasteiger partial charge on any atom is -0.341 e. The first-order chi connectivity index (χ1) is 10.5. The highest BCUT2D eigenvalue weighted by atomic mass is 16.5. The monoisotopic (exact) mass is 304 g/mol. The lowest BCUT2D eigenvalue weighted by Crippen LogP contribution is -2.41. The second-order valence-corrected chi connectivity index (χ2v) is 6.06. The van der Waals surface area contributed by atoms with Crippen molar-refractivity contribution in [3.63, 3.8) is 0 Å². The van der Waals surface area contributed by atoms with Crippen molar-refractivity contribution in [3.8, 4) is 0 Å². The molecule has 118 valence electrons. The van der Waals surface area contributed by atoms with E-state index in [-0.39, 0.29) is 23.7 Å². The minimum atomic E-state index is -0.264. The lowest BCUT2D eigenvalue weighted by molar-refractivity contribution is -0.133. The number of piperidine rings is 1. The highest BCUT2D eigenvalue weighted by molar-refractivity contribution is 5.78. The van der Waals surface area contributed by atoms with Crippen LogP contribution in [0.4, 0.5) is 0 Å². The molecule has 2 aromatic heterocycles. The molecule has 0 spiro atoms. The Labute approximate surface area is 127 Å². The van der Waals surface area contributed by atoms with Gasteiger partial charge in [0, 0.05) is 13.1 Å². The van der Waals surface area contributed by atoms with Crippen molar-refractivity contribution in [1.29, 1.82) is 0 Å². The van der Waals surface area contributed by atoms with Crippen molar-refractivity contribution in [1.82, 2.24) is 19.6 Å². The van der Waals surface area contributed by atoms with E-state index in [2.05, 4.69) is 17.1 Å². The Morgan fingerprint density at radius 1 is 1.32 bits per heavy atom. The Morgan fingerprint density at radius 2 is 2.00 bits per heavy atom. The SMILES string of the molecule is Cc1noc2nc(C)n(CC(=O)N3CCC(C)CC3)c(=O)c12. The van der Waals surface area contributed by atoms with Crippen LogP contribution in [0.2, 0.25) is 0 Å². The molecule has 3 heterocycles. The average molecular weight is 304 g/mol. The molecule has 1 aliphatic heterocycles. The van der Waals surface area contributed by atoms with Crippen molar-refractivity contribution in [3.05, 3.63) is 21.9 Å². The predicted octanol–water partition coefficient (Wildman–Crippen LogP) is 1.26. The van der Waals surface area contributed by atoms with Crippen LogP contribution < -0.4 is 5.56 Å². The summed E-state index contributed by atoms with van der Waals surface area (Å²) in [5, 5.41) is 4.12. The highest BCUT2D eigenvalue weighted by Crippen LogP contribution is 2.17. The Balaban J connectivity index is 1.89. The number of likely N-dealkylation sites (tertiary alicyclic amines) is 1. The van der Waals surface area contributed by atoms with Gasteiger partial charge in [-0.1, -0.05) is 12.1 Å². The van der Waals surface area contributed by atoms with Gasteiger partial charge in [-0.3, -0.25) is 14.2 Å². The van der Waals surface area contributed by atoms with Gasteiger partial charge in [-0.2, -0.15) is 4.98 Å². The molecule has 1 saturated heterocycles. The van der Waals surface area contributed by atoms with E-state index in [1.54, 1.807) is 13.8 Å². The number of rotatable bonds is 2. The van der Waals surface area contributed by atoms with Crippen LogP contribution in [-0.2, 0) is 11.3 Å². The number of aryl methyl sites for hydroxylation is 2. The Morgan fingerprint density at radius 3 is 2.68 bits per heavy atom. The number of carbonyl (C=O) groups excluding carboxylic acids is 1. The second kappa shape index (κ2) is 5.55. The Bertz CT molecular complexity index is 769. The van der Waals surface area contributed by atoms with Gasteiger partial charge in [-0.15, -0.1) is 0 Å². The van der Waals surface area contributed by atoms with Crippen molar-refractivity contribution in [2.45, 2.75) is 40.2 Å². The molecule has 0 radical (unpaired) electrons. The lowest BCUT2D eigenvalue weighted by Gasteiger charge is -2.30. The maximum absolute atomic E-state index is 12.6. The van der Waals surface area contributed by atoms with E-state index in [0.717, 1.165) is 25.9 Å². The van der Waals surface area contributed by atoms with Gasteiger partial charge >= 0.3 is 0 Å². The third-order valence-electron chi connectivity index (χ3n) is 4.39. The Kier molecular flexibility index (Phi) is 3.72. The molecule has 0 aliphatic carbocycles. The van der Waals surface area contributed by atoms with Crippen LogP contribution in [0, 0.1) is 19.8 Å². The topological polar surface area (TPSA) is 81.2 Å². The zero-order chi connectivity index (χ0) is 15.9. The van der Waals surface area contributed by atoms with E-state index in [9.17, 15) is 9.59 Å². The molecule has 1 aliphatic rings. The highest BCUT2D eigenvalue weighted by Gasteiger charge is 2.22. The first kappa shape index (κ1) is 14.7. The van der Waals surface area contributed by atoms with E-state index in [0.29, 0.717) is 22.8 Å². The summed E-state index contributed by atoms with van der Waals surface area (Å²) in [4.78, 5) is 31.1. The summed E-state index contributed by atoms with van der Waals surface area (Å²) in [5.74, 6) is 1.09. The van der Waals surface area contributed by atoms with Crippen molar-refractivity contribution in [2.75, 3.05) is 13.1 Å². The number of amides is 1. The van der Waals surface area contributed by atoms with E-state index >= 15 is 0 Å². The maximum atomic E-state index is 12.6. The first-order valence-electron chi connectivity index (χ1n) is 7.58. The molecule has 7 heteroatoms. The molecule has 2 aromatic rings. The van der Waals surface area contributed by atoms with Gasteiger partial charge in [0.1, 0.15) is 17.8 Å². The van der Waals surface area contributed by atoms with Gasteiger partial charge in [0.15, 0.2) is 0 Å². The van der Waals surface area contributed by atoms with E-state index in [4.69, 9.17) is 4.52 Å². The third kappa shape index (κ3) is 2.51. The largest absolute Gasteiger partial charge is 0.341 e. The fraction of sp³-hybridized carbons (Fsp3) is 0.600. The number of aromatic nitrogens is 3. The normalized spacial score (nSPS) is 16.4. The first-order valence-corrected chi connectivity index (χ1v) is 7.58. The summed E-state index contributed by atoms with van der Waals surface area (Å²) >= 11 is 0. The van der Waals surface area contributed by atoms with Gasteiger partial charge in [0.05, 0.1) is 5.69 Å². The average Bonchev–Trinajstić information content (AvgIpc) is 2.85. The zero-order valence-corrected chi connectivity index (χ0v) is 13.1. The number of hydrogen-bond donors (Lipinski definition) is 0. The van der Waals surface area contributed by atoms with Crippen LogP contribution in [-0.4, -0.2) is 38.6 Å². The fourth-order valence-electron chi connectivity index (χ4n) is 2.85. The van der Waals surface area contributed by atoms with Gasteiger partial charge in [0.2, 0.25) is 5.91 Å². The number of carbonyl (C=O) groups is 1. The predicted molar refractivity (Wildman–Crippen MR) is 80.5 cm³/mol. The van der Waals surface area contributed by atoms with Crippen LogP contribution in [0.15, 0.2) is 9.32 Å². The van der Waals surface area contributed by atoms with Gasteiger partial charge in [-0.25, -0.2) is 0 Å². The van der Waals surface area contributed by atoms with Gasteiger partial charge in [0.25, 0.3) is 11.3 Å². The molecular weight excluding hydrogens is 284 g/mol. The molecule has 0 bridgehead atoms. The minimum absolute atomic E-state index is 0.0204. The summed E-state index contributed by atoms with van der Waals surface area (Å²) in [6.07, 6.45) is 2.03. The summed E-state index contributed by atoms with van der Waals surface area (Å²) < 4.78 is 6.44. The summed E-state index contributed by atoms with van der Waals surface area (Å²) in [5.41, 5.74) is 0.468. The third-order valence-corrected chi connectivity index (χ3v) is 4.39. The summed E-state index contributed by atoms with van der Waals surface area (Å²) in [6.45, 7) is 7.13. The molecular formula is C15H20N4O3. The van der Waals surface area contributed by atoms with E-state index in [1.807, 2.05) is 4.90 Å². The van der Waals surface area contributed by atoms with Crippen LogP contribution in [0.1, 0.15) is 31.3 Å². The number of hydrogen-bond acceptors (Lipinski definition) is 5. The number of fused-ring (bicyclic) bond motifs is 1. The fourth-order valence-corrected chi connectivity index (χ4v) is 2.85. The van der Waals surface area contributed by atoms with E-state index < -0.39 is 0 Å². The van der Waals surface area contributed by atoms with Crippen LogP contribution in [0.3, 0.4) is 0 Å². The van der Waals surface area contributed by atoms with Crippen molar-refractivity contribution in [2.24, 2.45) is 5.92 Å². The molecule has 7 nitrogen and oxygen atoms in total. The molecule has 0 unspecified atom stereocenters. The molecule has 0 saturated carbocycles. The maximum Gasteiger partial charge on any atom is 0.267 e. The zero-order valence-electron chi connectivity index (χ0n) is 13.1. The van der Waals surface area contributed by atoms with Crippen LogP contribution in [0.25, 0.3) is 11.1 Å². The molecule has 3 rings (SSSR count). The molecule has 22 heavy (non-hydrogen) atoms.